The largest absolute Gasteiger partial charge is 0.345 e. The average Bonchev–Trinajstić information content (AvgIpc) is 2.92. The second kappa shape index (κ2) is 4.01. The molecule has 0 fully saturated rings. The fourth-order valence-corrected chi connectivity index (χ4v) is 3.80. The van der Waals surface area contributed by atoms with Crippen LogP contribution in [0.4, 0.5) is 0 Å². The molecule has 2 aliphatic heterocycles. The molecule has 92 valence electrons. The van der Waals surface area contributed by atoms with Gasteiger partial charge in [-0.15, -0.1) is 0 Å². The molecule has 0 aliphatic carbocycles. The summed E-state index contributed by atoms with van der Waals surface area (Å²) in [6.45, 7) is 4.18. The number of hydrogen-bond acceptors (Lipinski definition) is 1. The first-order chi connectivity index (χ1) is 8.27. The van der Waals surface area contributed by atoms with Gasteiger partial charge in [0.15, 0.2) is 5.78 Å². The van der Waals surface area contributed by atoms with Crippen molar-refractivity contribution in [1.29, 1.82) is 0 Å². The van der Waals surface area contributed by atoms with Gasteiger partial charge in [0.05, 0.1) is 0 Å². The minimum Gasteiger partial charge on any atom is -0.345 e. The van der Waals surface area contributed by atoms with E-state index in [9.17, 15) is 4.79 Å². The van der Waals surface area contributed by atoms with Crippen LogP contribution in [0.15, 0.2) is 0 Å². The molecule has 0 saturated carbocycles. The van der Waals surface area contributed by atoms with Crippen molar-refractivity contribution in [2.45, 2.75) is 64.8 Å². The Hall–Kier alpha value is -1.05. The lowest BCUT2D eigenvalue weighted by molar-refractivity contribution is 0.0986. The van der Waals surface area contributed by atoms with Crippen LogP contribution < -0.4 is 0 Å². The van der Waals surface area contributed by atoms with Gasteiger partial charge in [0.2, 0.25) is 0 Å². The summed E-state index contributed by atoms with van der Waals surface area (Å²) in [5, 5.41) is 0. The van der Waals surface area contributed by atoms with Crippen LogP contribution in [0.3, 0.4) is 0 Å². The Morgan fingerprint density at radius 1 is 1.24 bits per heavy atom. The Morgan fingerprint density at radius 2 is 2.06 bits per heavy atom. The SMILES string of the molecule is CCC(=O)c1c(CC)c2n3c1CC[C@@H]3CCC2. The van der Waals surface area contributed by atoms with Crippen molar-refractivity contribution in [3.63, 3.8) is 0 Å². The van der Waals surface area contributed by atoms with E-state index in [0.717, 1.165) is 18.4 Å². The van der Waals surface area contributed by atoms with Crippen LogP contribution >= 0.6 is 0 Å². The standard InChI is InChI=1S/C15H21NO/c1-3-11-12-7-5-6-10-8-9-13(16(10)12)15(11)14(17)4-2/h10H,3-9H2,1-2H3/t10-/m0/s1. The molecule has 3 rings (SSSR count). The highest BCUT2D eigenvalue weighted by Gasteiger charge is 2.34. The van der Waals surface area contributed by atoms with Crippen LogP contribution in [0.25, 0.3) is 0 Å². The summed E-state index contributed by atoms with van der Waals surface area (Å²) in [5.41, 5.74) is 5.34. The summed E-state index contributed by atoms with van der Waals surface area (Å²) >= 11 is 0. The zero-order valence-electron chi connectivity index (χ0n) is 10.9. The molecule has 0 unspecified atom stereocenters. The van der Waals surface area contributed by atoms with E-state index in [1.165, 1.54) is 42.6 Å². The van der Waals surface area contributed by atoms with Gasteiger partial charge in [0, 0.05) is 29.4 Å². The second-order valence-electron chi connectivity index (χ2n) is 5.33. The van der Waals surface area contributed by atoms with Gasteiger partial charge in [-0.05, 0) is 44.1 Å². The van der Waals surface area contributed by atoms with E-state index >= 15 is 0 Å². The third-order valence-corrected chi connectivity index (χ3v) is 4.50. The molecule has 0 amide bonds. The van der Waals surface area contributed by atoms with Crippen LogP contribution in [-0.4, -0.2) is 10.4 Å². The smallest absolute Gasteiger partial charge is 0.164 e. The molecule has 1 atom stereocenters. The molecule has 0 N–H and O–H groups in total. The Balaban J connectivity index is 2.22. The van der Waals surface area contributed by atoms with E-state index in [2.05, 4.69) is 11.5 Å². The monoisotopic (exact) mass is 231 g/mol. The molecule has 0 saturated heterocycles. The molecule has 17 heavy (non-hydrogen) atoms. The van der Waals surface area contributed by atoms with Gasteiger partial charge in [-0.2, -0.15) is 0 Å². The van der Waals surface area contributed by atoms with Crippen molar-refractivity contribution >= 4 is 5.78 Å². The Kier molecular flexibility index (Phi) is 2.61. The van der Waals surface area contributed by atoms with Crippen LogP contribution in [0, 0.1) is 0 Å². The molecule has 0 aromatic carbocycles. The van der Waals surface area contributed by atoms with E-state index in [0.29, 0.717) is 18.2 Å². The fourth-order valence-electron chi connectivity index (χ4n) is 3.80. The fraction of sp³-hybridized carbons (Fsp3) is 0.667. The molecule has 1 aromatic heterocycles. The maximum Gasteiger partial charge on any atom is 0.164 e. The van der Waals surface area contributed by atoms with Gasteiger partial charge >= 0.3 is 0 Å². The third kappa shape index (κ3) is 1.42. The molecule has 2 heteroatoms. The predicted molar refractivity (Wildman–Crippen MR) is 68.7 cm³/mol. The predicted octanol–water partition coefficient (Wildman–Crippen LogP) is 3.47. The van der Waals surface area contributed by atoms with Crippen LogP contribution in [0.2, 0.25) is 0 Å². The van der Waals surface area contributed by atoms with Gasteiger partial charge in [0.25, 0.3) is 0 Å². The Bertz CT molecular complexity index is 466. The highest BCUT2D eigenvalue weighted by atomic mass is 16.1. The number of Topliss-reactive ketones (excluding diaryl/α,β-unsaturated/α-hetero) is 1. The molecule has 1 aromatic rings. The lowest BCUT2D eigenvalue weighted by Crippen LogP contribution is -2.14. The number of carbonyl (C=O) groups is 1. The summed E-state index contributed by atoms with van der Waals surface area (Å²) in [7, 11) is 0. The average molecular weight is 231 g/mol. The molecule has 0 bridgehead atoms. The zero-order valence-corrected chi connectivity index (χ0v) is 10.9. The number of nitrogens with zero attached hydrogens (tertiary/aromatic N) is 1. The van der Waals surface area contributed by atoms with Crippen molar-refractivity contribution in [3.05, 3.63) is 22.5 Å². The zero-order chi connectivity index (χ0) is 12.0. The number of carbonyl (C=O) groups excluding carboxylic acids is 1. The molecule has 2 aliphatic rings. The van der Waals surface area contributed by atoms with E-state index in [1.807, 2.05) is 6.92 Å². The quantitative estimate of drug-likeness (QED) is 0.730. The topological polar surface area (TPSA) is 22.0 Å². The van der Waals surface area contributed by atoms with Gasteiger partial charge in [-0.3, -0.25) is 4.79 Å². The van der Waals surface area contributed by atoms with Gasteiger partial charge in [-0.1, -0.05) is 13.8 Å². The summed E-state index contributed by atoms with van der Waals surface area (Å²) in [6.07, 6.45) is 7.86. The Morgan fingerprint density at radius 3 is 2.76 bits per heavy atom. The van der Waals surface area contributed by atoms with Gasteiger partial charge in [-0.25, -0.2) is 0 Å². The molecular formula is C15H21NO. The Labute approximate surface area is 103 Å². The van der Waals surface area contributed by atoms with Crippen molar-refractivity contribution in [3.8, 4) is 0 Å². The highest BCUT2D eigenvalue weighted by molar-refractivity contribution is 5.99. The normalized spacial score (nSPS) is 21.6. The lowest BCUT2D eigenvalue weighted by atomic mass is 9.93. The van der Waals surface area contributed by atoms with Crippen molar-refractivity contribution in [1.82, 2.24) is 4.57 Å². The first-order valence-electron chi connectivity index (χ1n) is 7.05. The minimum atomic E-state index is 0.361. The molecule has 3 heterocycles. The number of hydrogen-bond donors (Lipinski definition) is 0. The van der Waals surface area contributed by atoms with E-state index < -0.39 is 0 Å². The van der Waals surface area contributed by atoms with Crippen LogP contribution in [-0.2, 0) is 19.3 Å². The van der Waals surface area contributed by atoms with Gasteiger partial charge in [0.1, 0.15) is 0 Å². The van der Waals surface area contributed by atoms with Crippen molar-refractivity contribution in [2.24, 2.45) is 0 Å². The number of rotatable bonds is 3. The second-order valence-corrected chi connectivity index (χ2v) is 5.33. The third-order valence-electron chi connectivity index (χ3n) is 4.50. The summed E-state index contributed by atoms with van der Waals surface area (Å²) < 4.78 is 2.53. The van der Waals surface area contributed by atoms with Crippen LogP contribution in [0.1, 0.15) is 72.9 Å². The van der Waals surface area contributed by atoms with E-state index in [1.54, 1.807) is 0 Å². The molecule has 2 nitrogen and oxygen atoms in total. The minimum absolute atomic E-state index is 0.361. The number of aromatic nitrogens is 1. The van der Waals surface area contributed by atoms with Crippen molar-refractivity contribution in [2.75, 3.05) is 0 Å². The number of ketones is 1. The molecular weight excluding hydrogens is 210 g/mol. The summed E-state index contributed by atoms with van der Waals surface area (Å²) in [4.78, 5) is 12.2. The van der Waals surface area contributed by atoms with Crippen molar-refractivity contribution < 1.29 is 4.79 Å². The summed E-state index contributed by atoms with van der Waals surface area (Å²) in [6, 6.07) is 0.706. The highest BCUT2D eigenvalue weighted by Crippen LogP contribution is 2.41. The lowest BCUT2D eigenvalue weighted by Gasteiger charge is -2.23. The van der Waals surface area contributed by atoms with Crippen LogP contribution in [0.5, 0.6) is 0 Å². The first-order valence-corrected chi connectivity index (χ1v) is 7.05. The maximum absolute atomic E-state index is 12.2. The first kappa shape index (κ1) is 11.1. The maximum atomic E-state index is 12.2. The van der Waals surface area contributed by atoms with Gasteiger partial charge < -0.3 is 4.57 Å². The molecule has 0 spiro atoms. The van der Waals surface area contributed by atoms with E-state index in [-0.39, 0.29) is 0 Å². The van der Waals surface area contributed by atoms with E-state index in [4.69, 9.17) is 0 Å². The summed E-state index contributed by atoms with van der Waals surface area (Å²) in [5.74, 6) is 0.361. The molecule has 0 radical (unpaired) electrons.